The lowest BCUT2D eigenvalue weighted by molar-refractivity contribution is 0.0773. The van der Waals surface area contributed by atoms with E-state index in [9.17, 15) is 9.90 Å². The highest BCUT2D eigenvalue weighted by molar-refractivity contribution is 14.1. The number of rotatable bonds is 3. The molecule has 98 valence electrons. The van der Waals surface area contributed by atoms with Crippen molar-refractivity contribution in [2.75, 3.05) is 13.6 Å². The molecule has 0 aliphatic heterocycles. The van der Waals surface area contributed by atoms with E-state index in [1.54, 1.807) is 23.1 Å². The molecule has 1 aliphatic carbocycles. The van der Waals surface area contributed by atoms with Crippen LogP contribution < -0.4 is 0 Å². The van der Waals surface area contributed by atoms with Gasteiger partial charge in [-0.1, -0.05) is 12.8 Å². The molecule has 0 saturated heterocycles. The minimum absolute atomic E-state index is 0.00593. The first kappa shape index (κ1) is 13.6. The number of carbonyl (C=O) groups is 1. The standard InChI is InChI=1S/C14H18INO2/c1-16(9-10-4-2-3-5-10)14(18)11-6-7-12(15)13(17)8-11/h6-8,10,17H,2-5,9H2,1H3. The van der Waals surface area contributed by atoms with Gasteiger partial charge in [0.25, 0.3) is 5.91 Å². The van der Waals surface area contributed by atoms with Crippen molar-refractivity contribution in [2.45, 2.75) is 25.7 Å². The predicted octanol–water partition coefficient (Wildman–Crippen LogP) is 3.26. The van der Waals surface area contributed by atoms with Gasteiger partial charge in [0, 0.05) is 19.2 Å². The van der Waals surface area contributed by atoms with Gasteiger partial charge in [-0.25, -0.2) is 0 Å². The fourth-order valence-electron chi connectivity index (χ4n) is 2.53. The Morgan fingerprint density at radius 3 is 2.72 bits per heavy atom. The van der Waals surface area contributed by atoms with Crippen LogP contribution in [0.5, 0.6) is 5.75 Å². The summed E-state index contributed by atoms with van der Waals surface area (Å²) in [4.78, 5) is 14.0. The maximum absolute atomic E-state index is 12.2. The van der Waals surface area contributed by atoms with Crippen LogP contribution in [0.3, 0.4) is 0 Å². The van der Waals surface area contributed by atoms with E-state index in [4.69, 9.17) is 0 Å². The molecular formula is C14H18INO2. The zero-order valence-corrected chi connectivity index (χ0v) is 12.7. The van der Waals surface area contributed by atoms with E-state index >= 15 is 0 Å². The van der Waals surface area contributed by atoms with Gasteiger partial charge in [0.2, 0.25) is 0 Å². The topological polar surface area (TPSA) is 40.5 Å². The number of amides is 1. The summed E-state index contributed by atoms with van der Waals surface area (Å²) in [5.41, 5.74) is 0.563. The highest BCUT2D eigenvalue weighted by Crippen LogP contribution is 2.26. The molecule has 1 saturated carbocycles. The molecule has 0 radical (unpaired) electrons. The zero-order valence-electron chi connectivity index (χ0n) is 10.5. The normalized spacial score (nSPS) is 15.9. The molecule has 2 rings (SSSR count). The second-order valence-electron chi connectivity index (χ2n) is 5.00. The van der Waals surface area contributed by atoms with E-state index in [1.807, 2.05) is 29.6 Å². The van der Waals surface area contributed by atoms with Crippen molar-refractivity contribution < 1.29 is 9.90 Å². The highest BCUT2D eigenvalue weighted by Gasteiger charge is 2.20. The molecule has 1 amide bonds. The second kappa shape index (κ2) is 5.91. The predicted molar refractivity (Wildman–Crippen MR) is 79.7 cm³/mol. The average Bonchev–Trinajstić information content (AvgIpc) is 2.84. The second-order valence-corrected chi connectivity index (χ2v) is 6.16. The Morgan fingerprint density at radius 1 is 1.44 bits per heavy atom. The van der Waals surface area contributed by atoms with E-state index in [2.05, 4.69) is 0 Å². The van der Waals surface area contributed by atoms with Crippen LogP contribution in [-0.2, 0) is 0 Å². The Hall–Kier alpha value is -0.780. The zero-order chi connectivity index (χ0) is 13.1. The van der Waals surface area contributed by atoms with E-state index < -0.39 is 0 Å². The number of hydrogen-bond donors (Lipinski definition) is 1. The van der Waals surface area contributed by atoms with Gasteiger partial charge < -0.3 is 10.0 Å². The summed E-state index contributed by atoms with van der Waals surface area (Å²) in [5, 5.41) is 9.64. The lowest BCUT2D eigenvalue weighted by Crippen LogP contribution is -2.31. The number of benzene rings is 1. The van der Waals surface area contributed by atoms with E-state index in [0.717, 1.165) is 10.1 Å². The molecule has 0 atom stereocenters. The third kappa shape index (κ3) is 3.16. The van der Waals surface area contributed by atoms with Gasteiger partial charge in [0.15, 0.2) is 0 Å². The van der Waals surface area contributed by atoms with E-state index in [1.165, 1.54) is 25.7 Å². The lowest BCUT2D eigenvalue weighted by atomic mass is 10.1. The van der Waals surface area contributed by atoms with Crippen LogP contribution in [0.2, 0.25) is 0 Å². The van der Waals surface area contributed by atoms with Crippen LogP contribution in [0.4, 0.5) is 0 Å². The van der Waals surface area contributed by atoms with Crippen LogP contribution in [0.25, 0.3) is 0 Å². The van der Waals surface area contributed by atoms with Crippen LogP contribution in [-0.4, -0.2) is 29.5 Å². The molecular weight excluding hydrogens is 341 g/mol. The third-order valence-corrected chi connectivity index (χ3v) is 4.46. The van der Waals surface area contributed by atoms with Crippen molar-refractivity contribution in [3.05, 3.63) is 27.3 Å². The SMILES string of the molecule is CN(CC1CCCC1)C(=O)c1ccc(I)c(O)c1. The molecule has 1 N–H and O–H groups in total. The van der Waals surface area contributed by atoms with Crippen LogP contribution >= 0.6 is 22.6 Å². The Balaban J connectivity index is 2.02. The quantitative estimate of drug-likeness (QED) is 0.842. The molecule has 1 aromatic rings. The van der Waals surface area contributed by atoms with Crippen LogP contribution in [0.15, 0.2) is 18.2 Å². The first-order valence-electron chi connectivity index (χ1n) is 6.32. The van der Waals surface area contributed by atoms with Gasteiger partial charge in [-0.3, -0.25) is 4.79 Å². The molecule has 0 aromatic heterocycles. The molecule has 18 heavy (non-hydrogen) atoms. The number of nitrogens with zero attached hydrogens (tertiary/aromatic N) is 1. The van der Waals surface area contributed by atoms with Crippen molar-refractivity contribution in [1.29, 1.82) is 0 Å². The van der Waals surface area contributed by atoms with Crippen LogP contribution in [0, 0.1) is 9.49 Å². The summed E-state index contributed by atoms with van der Waals surface area (Å²) >= 11 is 2.05. The van der Waals surface area contributed by atoms with Crippen molar-refractivity contribution in [3.8, 4) is 5.75 Å². The fourth-order valence-corrected chi connectivity index (χ4v) is 2.86. The molecule has 4 heteroatoms. The highest BCUT2D eigenvalue weighted by atomic mass is 127. The van der Waals surface area contributed by atoms with Crippen molar-refractivity contribution in [2.24, 2.45) is 5.92 Å². The monoisotopic (exact) mass is 359 g/mol. The van der Waals surface area contributed by atoms with Crippen molar-refractivity contribution in [1.82, 2.24) is 4.90 Å². The Kier molecular flexibility index (Phi) is 4.48. The number of carbonyl (C=O) groups excluding carboxylic acids is 1. The first-order chi connectivity index (χ1) is 8.58. The van der Waals surface area contributed by atoms with E-state index in [0.29, 0.717) is 11.5 Å². The average molecular weight is 359 g/mol. The largest absolute Gasteiger partial charge is 0.507 e. The summed E-state index contributed by atoms with van der Waals surface area (Å²) in [6.07, 6.45) is 5.04. The molecule has 0 heterocycles. The Morgan fingerprint density at radius 2 is 2.11 bits per heavy atom. The first-order valence-corrected chi connectivity index (χ1v) is 7.40. The Labute approximate surface area is 121 Å². The van der Waals surface area contributed by atoms with Gasteiger partial charge in [0.05, 0.1) is 3.57 Å². The summed E-state index contributed by atoms with van der Waals surface area (Å²) in [5.74, 6) is 0.820. The number of halogens is 1. The maximum atomic E-state index is 12.2. The molecule has 0 bridgehead atoms. The number of hydrogen-bond acceptors (Lipinski definition) is 2. The lowest BCUT2D eigenvalue weighted by Gasteiger charge is -2.21. The fraction of sp³-hybridized carbons (Fsp3) is 0.500. The molecule has 0 unspecified atom stereocenters. The van der Waals surface area contributed by atoms with Crippen molar-refractivity contribution in [3.63, 3.8) is 0 Å². The summed E-state index contributed by atoms with van der Waals surface area (Å²) in [6.45, 7) is 0.825. The molecule has 1 aromatic carbocycles. The van der Waals surface area contributed by atoms with Gasteiger partial charge in [-0.15, -0.1) is 0 Å². The Bertz CT molecular complexity index is 441. The van der Waals surface area contributed by atoms with Gasteiger partial charge in [0.1, 0.15) is 5.75 Å². The van der Waals surface area contributed by atoms with Gasteiger partial charge in [-0.2, -0.15) is 0 Å². The summed E-state index contributed by atoms with van der Waals surface area (Å²) in [6, 6.07) is 5.09. The minimum atomic E-state index is -0.00593. The molecule has 1 fully saturated rings. The summed E-state index contributed by atoms with van der Waals surface area (Å²) < 4.78 is 0.766. The van der Waals surface area contributed by atoms with Gasteiger partial charge in [-0.05, 0) is 59.5 Å². The summed E-state index contributed by atoms with van der Waals surface area (Å²) in [7, 11) is 1.84. The maximum Gasteiger partial charge on any atom is 0.253 e. The van der Waals surface area contributed by atoms with Gasteiger partial charge >= 0.3 is 0 Å². The number of aromatic hydroxyl groups is 1. The van der Waals surface area contributed by atoms with E-state index in [-0.39, 0.29) is 11.7 Å². The molecule has 0 spiro atoms. The van der Waals surface area contributed by atoms with Crippen molar-refractivity contribution >= 4 is 28.5 Å². The molecule has 3 nitrogen and oxygen atoms in total. The molecule has 1 aliphatic rings. The smallest absolute Gasteiger partial charge is 0.253 e. The van der Waals surface area contributed by atoms with Crippen LogP contribution in [0.1, 0.15) is 36.0 Å². The third-order valence-electron chi connectivity index (χ3n) is 3.55. The number of phenols is 1. The number of phenolic OH excluding ortho intramolecular Hbond substituents is 1. The minimum Gasteiger partial charge on any atom is -0.507 e.